The van der Waals surface area contributed by atoms with Crippen LogP contribution in [0.3, 0.4) is 0 Å². The van der Waals surface area contributed by atoms with Gasteiger partial charge in [0.2, 0.25) is 0 Å². The molecule has 1 aromatic rings. The standard InChI is InChI=1S/C6H3N3O6.H2O3S/c10-7(11)4-1-5(8(12)13)3-6(2-4)9(14)15;1-4(2)3/h1-3H;4H,(H,1,2,3). The molecular formula is C6H5N3O9S. The Labute approximate surface area is 105 Å². The van der Waals surface area contributed by atoms with Gasteiger partial charge in [-0.05, 0) is 0 Å². The minimum absolute atomic E-state index is 0.660. The number of benzene rings is 1. The summed E-state index contributed by atoms with van der Waals surface area (Å²) in [5, 5.41) is 30.9. The summed E-state index contributed by atoms with van der Waals surface area (Å²) in [7, 11) is -3.12. The van der Waals surface area contributed by atoms with E-state index in [1.165, 1.54) is 0 Å². The number of rotatable bonds is 3. The Morgan fingerprint density at radius 2 is 0.947 bits per heavy atom. The van der Waals surface area contributed by atoms with Crippen LogP contribution in [0.5, 0.6) is 0 Å². The van der Waals surface area contributed by atoms with Gasteiger partial charge in [0, 0.05) is 0 Å². The molecule has 0 amide bonds. The molecule has 0 bridgehead atoms. The summed E-state index contributed by atoms with van der Waals surface area (Å²) >= 11 is 0. The van der Waals surface area contributed by atoms with Crippen molar-refractivity contribution in [2.24, 2.45) is 0 Å². The van der Waals surface area contributed by atoms with Gasteiger partial charge in [-0.3, -0.25) is 34.9 Å². The third-order valence-corrected chi connectivity index (χ3v) is 1.52. The van der Waals surface area contributed by atoms with Crippen LogP contribution in [0.1, 0.15) is 0 Å². The van der Waals surface area contributed by atoms with Crippen molar-refractivity contribution in [2.45, 2.75) is 0 Å². The van der Waals surface area contributed by atoms with E-state index in [4.69, 9.17) is 13.0 Å². The summed E-state index contributed by atoms with van der Waals surface area (Å²) in [5.41, 5.74) is -2.05. The van der Waals surface area contributed by atoms with Crippen LogP contribution < -0.4 is 0 Å². The summed E-state index contributed by atoms with van der Waals surface area (Å²) < 4.78 is 24.2. The lowest BCUT2D eigenvalue weighted by atomic mass is 10.2. The quantitative estimate of drug-likeness (QED) is 0.346. The van der Waals surface area contributed by atoms with Crippen molar-refractivity contribution in [3.63, 3.8) is 0 Å². The summed E-state index contributed by atoms with van der Waals surface area (Å²) in [4.78, 5) is 28.1. The molecule has 0 spiro atoms. The highest BCUT2D eigenvalue weighted by Crippen LogP contribution is 2.26. The Bertz CT molecular complexity index is 509. The second kappa shape index (κ2) is 6.92. The van der Waals surface area contributed by atoms with Crippen molar-refractivity contribution in [3.05, 3.63) is 48.5 Å². The molecule has 0 saturated heterocycles. The molecule has 0 aliphatic carbocycles. The average Bonchev–Trinajstić information content (AvgIpc) is 2.27. The molecule has 0 unspecified atom stereocenters. The average molecular weight is 295 g/mol. The van der Waals surface area contributed by atoms with Gasteiger partial charge in [0.05, 0.1) is 33.0 Å². The summed E-state index contributed by atoms with van der Waals surface area (Å²) in [6.45, 7) is 0. The fourth-order valence-corrected chi connectivity index (χ4v) is 0.896. The van der Waals surface area contributed by atoms with E-state index >= 15 is 0 Å². The Morgan fingerprint density at radius 3 is 1.05 bits per heavy atom. The van der Waals surface area contributed by atoms with E-state index in [0.717, 1.165) is 0 Å². The van der Waals surface area contributed by atoms with Crippen molar-refractivity contribution >= 4 is 28.0 Å². The highest BCUT2D eigenvalue weighted by atomic mass is 32.2. The predicted molar refractivity (Wildman–Crippen MR) is 59.3 cm³/mol. The molecule has 1 aromatic carbocycles. The minimum atomic E-state index is -3.12. The molecule has 0 aliphatic heterocycles. The fraction of sp³-hybridized carbons (Fsp3) is 0. The fourth-order valence-electron chi connectivity index (χ4n) is 0.896. The van der Waals surface area contributed by atoms with Gasteiger partial charge in [-0.25, -0.2) is 8.42 Å². The normalized spacial score (nSPS) is 9.37. The van der Waals surface area contributed by atoms with Crippen molar-refractivity contribution in [2.75, 3.05) is 0 Å². The molecular weight excluding hydrogens is 290 g/mol. The minimum Gasteiger partial charge on any atom is -0.288 e. The van der Waals surface area contributed by atoms with Crippen molar-refractivity contribution < 1.29 is 27.7 Å². The van der Waals surface area contributed by atoms with Crippen LogP contribution in [0.2, 0.25) is 0 Å². The van der Waals surface area contributed by atoms with Crippen LogP contribution in [-0.2, 0) is 11.0 Å². The topological polar surface area (TPSA) is 184 Å². The van der Waals surface area contributed by atoms with E-state index in [1.54, 1.807) is 0 Å². The number of nitro groups is 3. The van der Waals surface area contributed by atoms with Crippen molar-refractivity contribution in [1.29, 1.82) is 0 Å². The maximum absolute atomic E-state index is 10.3. The van der Waals surface area contributed by atoms with Crippen LogP contribution in [0, 0.1) is 30.3 Å². The monoisotopic (exact) mass is 295 g/mol. The van der Waals surface area contributed by atoms with Gasteiger partial charge in [-0.15, -0.1) is 0 Å². The summed E-state index contributed by atoms with van der Waals surface area (Å²) in [5.74, 6) is 0. The van der Waals surface area contributed by atoms with Crippen LogP contribution in [-0.4, -0.2) is 27.7 Å². The summed E-state index contributed by atoms with van der Waals surface area (Å²) in [6.07, 6.45) is 0. The first-order valence-corrected chi connectivity index (χ1v) is 5.19. The number of nitrogens with zero attached hydrogens (tertiary/aromatic N) is 3. The number of hydrogen-bond acceptors (Lipinski definition) is 8. The second-order valence-corrected chi connectivity index (χ2v) is 3.19. The van der Waals surface area contributed by atoms with Gasteiger partial charge >= 0.3 is 0 Å². The second-order valence-electron chi connectivity index (χ2n) is 2.72. The maximum Gasteiger partial charge on any atom is 0.283 e. The zero-order chi connectivity index (χ0) is 15.2. The first kappa shape index (κ1) is 16.3. The number of thiol groups is 1. The third kappa shape index (κ3) is 5.99. The van der Waals surface area contributed by atoms with Gasteiger partial charge in [-0.1, -0.05) is 0 Å². The lowest BCUT2D eigenvalue weighted by Crippen LogP contribution is -1.96. The molecule has 1 N–H and O–H groups in total. The van der Waals surface area contributed by atoms with E-state index in [2.05, 4.69) is 0 Å². The molecule has 0 fully saturated rings. The molecule has 19 heavy (non-hydrogen) atoms. The molecule has 0 aliphatic rings. The largest absolute Gasteiger partial charge is 0.288 e. The van der Waals surface area contributed by atoms with Gasteiger partial charge in [0.15, 0.2) is 0 Å². The lowest BCUT2D eigenvalue weighted by Gasteiger charge is -1.93. The first-order chi connectivity index (χ1) is 8.65. The molecule has 0 heterocycles. The van der Waals surface area contributed by atoms with E-state index in [0.29, 0.717) is 18.2 Å². The van der Waals surface area contributed by atoms with Crippen LogP contribution in [0.4, 0.5) is 17.1 Å². The number of hydrogen-bond donors (Lipinski definition) is 2. The van der Waals surface area contributed by atoms with E-state index in [-0.39, 0.29) is 0 Å². The molecule has 104 valence electrons. The predicted octanol–water partition coefficient (Wildman–Crippen LogP) is 0.482. The van der Waals surface area contributed by atoms with Crippen LogP contribution in [0.15, 0.2) is 18.2 Å². The molecule has 13 heteroatoms. The van der Waals surface area contributed by atoms with Crippen molar-refractivity contribution in [1.82, 2.24) is 0 Å². The summed E-state index contributed by atoms with van der Waals surface area (Å²) in [6, 6.07) is 1.98. The zero-order valence-electron chi connectivity index (χ0n) is 8.73. The van der Waals surface area contributed by atoms with Crippen molar-refractivity contribution in [3.8, 4) is 0 Å². The van der Waals surface area contributed by atoms with Crippen LogP contribution >= 0.6 is 0 Å². The molecule has 1 rings (SSSR count). The lowest BCUT2D eigenvalue weighted by molar-refractivity contribution is -0.403. The van der Waals surface area contributed by atoms with Gasteiger partial charge in [0.1, 0.15) is 0 Å². The van der Waals surface area contributed by atoms with Gasteiger partial charge in [-0.2, -0.15) is 0 Å². The maximum atomic E-state index is 10.3. The highest BCUT2D eigenvalue weighted by molar-refractivity contribution is 7.66. The smallest absolute Gasteiger partial charge is 0.283 e. The Kier molecular flexibility index (Phi) is 5.95. The Balaban J connectivity index is 0.000000711. The number of non-ortho nitro benzene ring substituents is 3. The van der Waals surface area contributed by atoms with E-state index < -0.39 is 42.8 Å². The highest BCUT2D eigenvalue weighted by Gasteiger charge is 2.21. The molecule has 0 saturated carbocycles. The zero-order valence-corrected chi connectivity index (χ0v) is 9.63. The Hall–Kier alpha value is -2.67. The molecule has 0 aromatic heterocycles. The van der Waals surface area contributed by atoms with Gasteiger partial charge in [0.25, 0.3) is 28.0 Å². The SMILES string of the molecule is O=[N+]([O-])c1cc([N+](=O)[O-])cc([N+](=O)[O-])c1.O=[SH](=O)O. The Morgan fingerprint density at radius 1 is 0.789 bits per heavy atom. The first-order valence-electron chi connectivity index (χ1n) is 4.06. The van der Waals surface area contributed by atoms with Crippen LogP contribution in [0.25, 0.3) is 0 Å². The molecule has 12 nitrogen and oxygen atoms in total. The molecule has 0 atom stereocenters. The van der Waals surface area contributed by atoms with E-state index in [1.807, 2.05) is 0 Å². The van der Waals surface area contributed by atoms with Gasteiger partial charge < -0.3 is 0 Å². The third-order valence-electron chi connectivity index (χ3n) is 1.52. The van der Waals surface area contributed by atoms with E-state index in [9.17, 15) is 30.3 Å². The number of nitro benzene ring substituents is 3. The molecule has 0 radical (unpaired) electrons.